The summed E-state index contributed by atoms with van der Waals surface area (Å²) < 4.78 is 5.56. The van der Waals surface area contributed by atoms with Gasteiger partial charge in [-0.3, -0.25) is 4.98 Å². The number of nitrogens with zero attached hydrogens (tertiary/aromatic N) is 3. The molecule has 2 aromatic rings. The van der Waals surface area contributed by atoms with E-state index in [1.165, 1.54) is 19.3 Å². The van der Waals surface area contributed by atoms with E-state index in [1.807, 2.05) is 12.1 Å². The molecule has 0 saturated heterocycles. The molecule has 0 atom stereocenters. The number of thioether (sulfide) groups is 1. The maximum atomic E-state index is 5.56. The summed E-state index contributed by atoms with van der Waals surface area (Å²) >= 11 is 1.62. The quantitative estimate of drug-likeness (QED) is 0.580. The minimum Gasteiger partial charge on any atom is -0.411 e. The van der Waals surface area contributed by atoms with Crippen LogP contribution in [0.25, 0.3) is 11.5 Å². The third-order valence-electron chi connectivity index (χ3n) is 2.31. The number of unbranched alkanes of at least 4 members (excludes halogenated alkanes) is 2. The SMILES string of the molecule is CCCCCSc1nnc(-c2ccncc2)o1. The van der Waals surface area contributed by atoms with Crippen molar-refractivity contribution in [2.75, 3.05) is 5.75 Å². The topological polar surface area (TPSA) is 51.8 Å². The summed E-state index contributed by atoms with van der Waals surface area (Å²) in [4.78, 5) is 3.95. The zero-order valence-electron chi connectivity index (χ0n) is 9.80. The van der Waals surface area contributed by atoms with Crippen LogP contribution in [0.5, 0.6) is 0 Å². The average Bonchev–Trinajstić information content (AvgIpc) is 2.85. The molecule has 0 fully saturated rings. The van der Waals surface area contributed by atoms with Crippen LogP contribution in [0.4, 0.5) is 0 Å². The molecule has 0 aliphatic heterocycles. The summed E-state index contributed by atoms with van der Waals surface area (Å²) in [6, 6.07) is 3.72. The van der Waals surface area contributed by atoms with Crippen LogP contribution >= 0.6 is 11.8 Å². The Morgan fingerprint density at radius 1 is 1.18 bits per heavy atom. The van der Waals surface area contributed by atoms with Gasteiger partial charge in [-0.25, -0.2) is 0 Å². The minimum atomic E-state index is 0.561. The van der Waals surface area contributed by atoms with E-state index in [0.717, 1.165) is 11.3 Å². The fourth-order valence-electron chi connectivity index (χ4n) is 1.39. The van der Waals surface area contributed by atoms with Crippen molar-refractivity contribution in [2.24, 2.45) is 0 Å². The van der Waals surface area contributed by atoms with Gasteiger partial charge >= 0.3 is 0 Å². The van der Waals surface area contributed by atoms with Gasteiger partial charge in [0, 0.05) is 23.7 Å². The summed E-state index contributed by atoms with van der Waals surface area (Å²) in [7, 11) is 0. The summed E-state index contributed by atoms with van der Waals surface area (Å²) in [5, 5.41) is 8.68. The van der Waals surface area contributed by atoms with Gasteiger partial charge < -0.3 is 4.42 Å². The number of pyridine rings is 1. The van der Waals surface area contributed by atoms with E-state index in [9.17, 15) is 0 Å². The Hall–Kier alpha value is -1.36. The molecule has 2 aromatic heterocycles. The van der Waals surface area contributed by atoms with E-state index >= 15 is 0 Å². The lowest BCUT2D eigenvalue weighted by atomic mass is 10.3. The van der Waals surface area contributed by atoms with Gasteiger partial charge in [-0.2, -0.15) is 0 Å². The van der Waals surface area contributed by atoms with Crippen LogP contribution in [0, 0.1) is 0 Å². The van der Waals surface area contributed by atoms with Crippen molar-refractivity contribution in [2.45, 2.75) is 31.4 Å². The van der Waals surface area contributed by atoms with Gasteiger partial charge in [-0.05, 0) is 18.6 Å². The predicted octanol–water partition coefficient (Wildman–Crippen LogP) is 3.41. The van der Waals surface area contributed by atoms with E-state index in [1.54, 1.807) is 24.2 Å². The maximum Gasteiger partial charge on any atom is 0.276 e. The van der Waals surface area contributed by atoms with Gasteiger partial charge in [0.25, 0.3) is 5.22 Å². The van der Waals surface area contributed by atoms with Crippen molar-refractivity contribution in [3.05, 3.63) is 24.5 Å². The number of rotatable bonds is 6. The predicted molar refractivity (Wildman–Crippen MR) is 67.8 cm³/mol. The molecule has 90 valence electrons. The highest BCUT2D eigenvalue weighted by Gasteiger charge is 2.07. The van der Waals surface area contributed by atoms with E-state index < -0.39 is 0 Å². The average molecular weight is 249 g/mol. The lowest BCUT2D eigenvalue weighted by Gasteiger charge is -1.94. The molecule has 5 heteroatoms. The summed E-state index contributed by atoms with van der Waals surface area (Å²) in [6.07, 6.45) is 7.10. The second kappa shape index (κ2) is 6.39. The molecule has 0 radical (unpaired) electrons. The molecule has 0 saturated carbocycles. The molecule has 0 N–H and O–H groups in total. The van der Waals surface area contributed by atoms with Gasteiger partial charge in [-0.1, -0.05) is 31.5 Å². The fraction of sp³-hybridized carbons (Fsp3) is 0.417. The molecule has 0 amide bonds. The molecule has 0 unspecified atom stereocenters. The Kier molecular flexibility index (Phi) is 4.55. The van der Waals surface area contributed by atoms with Crippen molar-refractivity contribution < 1.29 is 4.42 Å². The molecule has 2 rings (SSSR count). The Morgan fingerprint density at radius 2 is 2.00 bits per heavy atom. The Morgan fingerprint density at radius 3 is 2.76 bits per heavy atom. The number of aromatic nitrogens is 3. The normalized spacial score (nSPS) is 10.6. The van der Waals surface area contributed by atoms with Gasteiger partial charge in [0.2, 0.25) is 5.89 Å². The first kappa shape index (κ1) is 12.1. The molecule has 0 aromatic carbocycles. The second-order valence-corrected chi connectivity index (χ2v) is 4.71. The molecule has 4 nitrogen and oxygen atoms in total. The summed E-state index contributed by atoms with van der Waals surface area (Å²) in [6.45, 7) is 2.19. The zero-order valence-corrected chi connectivity index (χ0v) is 10.6. The van der Waals surface area contributed by atoms with Crippen molar-refractivity contribution in [3.63, 3.8) is 0 Å². The number of hydrogen-bond donors (Lipinski definition) is 0. The zero-order chi connectivity index (χ0) is 11.9. The fourth-order valence-corrected chi connectivity index (χ4v) is 2.15. The molecular formula is C12H15N3OS. The van der Waals surface area contributed by atoms with Crippen LogP contribution in [-0.2, 0) is 0 Å². The number of hydrogen-bond acceptors (Lipinski definition) is 5. The monoisotopic (exact) mass is 249 g/mol. The summed E-state index contributed by atoms with van der Waals surface area (Å²) in [5.74, 6) is 1.59. The van der Waals surface area contributed by atoms with Crippen molar-refractivity contribution >= 4 is 11.8 Å². The molecule has 0 spiro atoms. The van der Waals surface area contributed by atoms with Crippen LogP contribution in [0.15, 0.2) is 34.2 Å². The molecule has 2 heterocycles. The van der Waals surface area contributed by atoms with E-state index in [2.05, 4.69) is 22.1 Å². The van der Waals surface area contributed by atoms with Crippen LogP contribution in [0.2, 0.25) is 0 Å². The minimum absolute atomic E-state index is 0.561. The van der Waals surface area contributed by atoms with E-state index in [0.29, 0.717) is 11.1 Å². The van der Waals surface area contributed by atoms with Crippen molar-refractivity contribution in [1.82, 2.24) is 15.2 Å². The Bertz CT molecular complexity index is 444. The first-order valence-electron chi connectivity index (χ1n) is 5.77. The van der Waals surface area contributed by atoms with E-state index in [-0.39, 0.29) is 0 Å². The van der Waals surface area contributed by atoms with Gasteiger partial charge in [0.1, 0.15) is 0 Å². The van der Waals surface area contributed by atoms with Crippen LogP contribution in [0.1, 0.15) is 26.2 Å². The molecule has 17 heavy (non-hydrogen) atoms. The van der Waals surface area contributed by atoms with E-state index in [4.69, 9.17) is 4.42 Å². The van der Waals surface area contributed by atoms with Crippen LogP contribution < -0.4 is 0 Å². The lowest BCUT2D eigenvalue weighted by Crippen LogP contribution is -1.79. The summed E-state index contributed by atoms with van der Waals surface area (Å²) in [5.41, 5.74) is 0.910. The Balaban J connectivity index is 1.92. The third-order valence-corrected chi connectivity index (χ3v) is 3.21. The molecule has 0 aliphatic rings. The largest absolute Gasteiger partial charge is 0.411 e. The van der Waals surface area contributed by atoms with Gasteiger partial charge in [-0.15, -0.1) is 10.2 Å². The second-order valence-electron chi connectivity index (χ2n) is 3.66. The lowest BCUT2D eigenvalue weighted by molar-refractivity contribution is 0.465. The standard InChI is InChI=1S/C12H15N3OS/c1-2-3-4-9-17-12-15-14-11(16-12)10-5-7-13-8-6-10/h5-8H,2-4,9H2,1H3. The van der Waals surface area contributed by atoms with Crippen LogP contribution in [-0.4, -0.2) is 20.9 Å². The maximum absolute atomic E-state index is 5.56. The first-order chi connectivity index (χ1) is 8.40. The highest BCUT2D eigenvalue weighted by Crippen LogP contribution is 2.23. The van der Waals surface area contributed by atoms with Crippen molar-refractivity contribution in [3.8, 4) is 11.5 Å². The molecule has 0 aliphatic carbocycles. The van der Waals surface area contributed by atoms with Crippen LogP contribution in [0.3, 0.4) is 0 Å². The molecule has 0 bridgehead atoms. The third kappa shape index (κ3) is 3.56. The van der Waals surface area contributed by atoms with Crippen molar-refractivity contribution in [1.29, 1.82) is 0 Å². The highest BCUT2D eigenvalue weighted by atomic mass is 32.2. The van der Waals surface area contributed by atoms with Gasteiger partial charge in [0.15, 0.2) is 0 Å². The first-order valence-corrected chi connectivity index (χ1v) is 6.75. The molecular weight excluding hydrogens is 234 g/mol. The Labute approximate surface area is 105 Å². The van der Waals surface area contributed by atoms with Gasteiger partial charge in [0.05, 0.1) is 0 Å². The smallest absolute Gasteiger partial charge is 0.276 e. The highest BCUT2D eigenvalue weighted by molar-refractivity contribution is 7.99.